The van der Waals surface area contributed by atoms with E-state index in [1.165, 1.54) is 6.07 Å². The van der Waals surface area contributed by atoms with Crippen molar-refractivity contribution < 1.29 is 35.7 Å². The van der Waals surface area contributed by atoms with Crippen molar-refractivity contribution in [3.8, 4) is 17.3 Å². The van der Waals surface area contributed by atoms with Gasteiger partial charge >= 0.3 is 6.18 Å². The quantitative estimate of drug-likeness (QED) is 0.251. The lowest BCUT2D eigenvalue weighted by atomic mass is 10.0. The number of alkyl halides is 3. The molecule has 1 fully saturated rings. The zero-order valence-electron chi connectivity index (χ0n) is 24.0. The van der Waals surface area contributed by atoms with Crippen molar-refractivity contribution >= 4 is 27.8 Å². The molecule has 1 aliphatic rings. The normalized spacial score (nSPS) is 15.0. The van der Waals surface area contributed by atoms with Gasteiger partial charge in [0, 0.05) is 37.7 Å². The molecule has 3 N–H and O–H groups in total. The van der Waals surface area contributed by atoms with Gasteiger partial charge in [0.1, 0.15) is 11.9 Å². The van der Waals surface area contributed by atoms with Crippen LogP contribution in [0.15, 0.2) is 54.6 Å². The van der Waals surface area contributed by atoms with Crippen LogP contribution >= 0.6 is 0 Å². The van der Waals surface area contributed by atoms with Crippen molar-refractivity contribution in [1.29, 1.82) is 5.26 Å². The summed E-state index contributed by atoms with van der Waals surface area (Å²) in [5.41, 5.74) is 2.44. The van der Waals surface area contributed by atoms with Crippen LogP contribution in [0.25, 0.3) is 11.3 Å². The molecule has 4 rings (SSSR count). The first-order chi connectivity index (χ1) is 21.3. The minimum atomic E-state index is -4.85. The van der Waals surface area contributed by atoms with Gasteiger partial charge in [0.25, 0.3) is 10.1 Å². The highest BCUT2D eigenvalue weighted by atomic mass is 32.2. The first-order valence-electron chi connectivity index (χ1n) is 14.1. The molecule has 0 bridgehead atoms. The molecule has 3 aromatic rings. The Labute approximate surface area is 258 Å². The van der Waals surface area contributed by atoms with Gasteiger partial charge in [-0.25, -0.2) is 9.97 Å². The Morgan fingerprint density at radius 1 is 1.02 bits per heavy atom. The van der Waals surface area contributed by atoms with Crippen LogP contribution in [0.2, 0.25) is 0 Å². The fraction of sp³-hybridized carbons (Fsp3) is 0.367. The Balaban J connectivity index is 1.47. The van der Waals surface area contributed by atoms with Crippen LogP contribution in [0.4, 0.5) is 19.0 Å². The van der Waals surface area contributed by atoms with Gasteiger partial charge in [0.05, 0.1) is 23.1 Å². The van der Waals surface area contributed by atoms with E-state index in [0.29, 0.717) is 49.0 Å². The molecule has 2 heterocycles. The molecule has 2 aromatic carbocycles. The Morgan fingerprint density at radius 3 is 2.47 bits per heavy atom. The van der Waals surface area contributed by atoms with Crippen molar-refractivity contribution in [2.24, 2.45) is 0 Å². The van der Waals surface area contributed by atoms with Crippen LogP contribution in [0.3, 0.4) is 0 Å². The molecule has 1 saturated heterocycles. The number of aromatic nitrogens is 2. The number of nitrogens with one attached hydrogen (secondary N) is 2. The summed E-state index contributed by atoms with van der Waals surface area (Å²) in [6.45, 7) is 0.381. The minimum absolute atomic E-state index is 0.00125. The molecule has 15 heteroatoms. The van der Waals surface area contributed by atoms with Crippen LogP contribution < -0.4 is 15.5 Å². The van der Waals surface area contributed by atoms with Crippen LogP contribution in [0.1, 0.15) is 41.8 Å². The lowest BCUT2D eigenvalue weighted by Crippen LogP contribution is -2.44. The summed E-state index contributed by atoms with van der Waals surface area (Å²) in [5.74, 6) is -2.77. The third kappa shape index (κ3) is 9.72. The summed E-state index contributed by atoms with van der Waals surface area (Å²) in [6.07, 6.45) is -3.12. The summed E-state index contributed by atoms with van der Waals surface area (Å²) in [6, 6.07) is 16.2. The molecule has 0 spiro atoms. The summed E-state index contributed by atoms with van der Waals surface area (Å²) in [5, 5.41) is 14.2. The largest absolute Gasteiger partial charge is 0.451 e. The molecule has 1 atom stereocenters. The van der Waals surface area contributed by atoms with Gasteiger partial charge in [-0.05, 0) is 55.0 Å². The number of hydrogen-bond donors (Lipinski definition) is 3. The van der Waals surface area contributed by atoms with E-state index in [2.05, 4.69) is 20.6 Å². The number of hydrogen-bond acceptors (Lipinski definition) is 8. The maximum absolute atomic E-state index is 13.9. The second-order valence-corrected chi connectivity index (χ2v) is 12.0. The number of amides is 2. The maximum atomic E-state index is 13.9. The Bertz CT molecular complexity index is 1680. The summed E-state index contributed by atoms with van der Waals surface area (Å²) >= 11 is 0. The Hall–Kier alpha value is -4.55. The standard InChI is InChI=1S/C30H31F3N6O5S/c31-30(32,33)29-37-24(23-4-1-3-21(17-23)10-11-27(40)35-14-16-45(42,43)44)18-26(38-29)39-15-2-5-25(39)28(41)36-13-12-20-6-8-22(19-34)9-7-20/h1,3-4,6-9,17-18,25H,2,5,10-16H2,(H,35,40)(H,36,41)(H,42,43,44)/t25-/m0/s1. The number of anilines is 1. The van der Waals surface area contributed by atoms with E-state index in [0.717, 1.165) is 5.56 Å². The van der Waals surface area contributed by atoms with Crippen molar-refractivity contribution in [2.75, 3.05) is 30.3 Å². The number of halogens is 3. The average Bonchev–Trinajstić information content (AvgIpc) is 3.50. The number of nitrogens with zero attached hydrogens (tertiary/aromatic N) is 4. The molecule has 0 radical (unpaired) electrons. The molecule has 45 heavy (non-hydrogen) atoms. The van der Waals surface area contributed by atoms with E-state index >= 15 is 0 Å². The van der Waals surface area contributed by atoms with Gasteiger partial charge in [-0.3, -0.25) is 14.1 Å². The van der Waals surface area contributed by atoms with E-state index in [-0.39, 0.29) is 36.8 Å². The molecule has 11 nitrogen and oxygen atoms in total. The number of nitriles is 1. The molecule has 0 aliphatic carbocycles. The first kappa shape index (κ1) is 33.3. The summed E-state index contributed by atoms with van der Waals surface area (Å²) in [7, 11) is -4.21. The van der Waals surface area contributed by atoms with Crippen molar-refractivity contribution in [3.05, 3.63) is 77.1 Å². The van der Waals surface area contributed by atoms with Crippen LogP contribution in [-0.2, 0) is 38.7 Å². The third-order valence-electron chi connectivity index (χ3n) is 7.16. The lowest BCUT2D eigenvalue weighted by molar-refractivity contribution is -0.144. The van der Waals surface area contributed by atoms with Gasteiger partial charge in [-0.1, -0.05) is 30.3 Å². The number of aryl methyl sites for hydroxylation is 1. The molecular weight excluding hydrogens is 613 g/mol. The van der Waals surface area contributed by atoms with E-state index < -0.39 is 39.8 Å². The van der Waals surface area contributed by atoms with Crippen LogP contribution in [-0.4, -0.2) is 66.2 Å². The number of carbonyl (C=O) groups excluding carboxylic acids is 2. The predicted molar refractivity (Wildman–Crippen MR) is 158 cm³/mol. The monoisotopic (exact) mass is 644 g/mol. The summed E-state index contributed by atoms with van der Waals surface area (Å²) < 4.78 is 72.1. The highest BCUT2D eigenvalue weighted by molar-refractivity contribution is 7.85. The van der Waals surface area contributed by atoms with Gasteiger partial charge < -0.3 is 15.5 Å². The van der Waals surface area contributed by atoms with Gasteiger partial charge in [0.2, 0.25) is 17.6 Å². The van der Waals surface area contributed by atoms with Gasteiger partial charge in [-0.15, -0.1) is 0 Å². The average molecular weight is 645 g/mol. The van der Waals surface area contributed by atoms with Crippen LogP contribution in [0, 0.1) is 11.3 Å². The van der Waals surface area contributed by atoms with Crippen molar-refractivity contribution in [3.63, 3.8) is 0 Å². The van der Waals surface area contributed by atoms with E-state index in [9.17, 15) is 31.2 Å². The minimum Gasteiger partial charge on any atom is -0.355 e. The number of rotatable bonds is 12. The lowest BCUT2D eigenvalue weighted by Gasteiger charge is -2.26. The zero-order chi connectivity index (χ0) is 32.6. The van der Waals surface area contributed by atoms with E-state index in [1.807, 2.05) is 6.07 Å². The molecule has 2 amide bonds. The van der Waals surface area contributed by atoms with E-state index in [4.69, 9.17) is 9.81 Å². The van der Waals surface area contributed by atoms with E-state index in [1.54, 1.807) is 53.4 Å². The second-order valence-electron chi connectivity index (χ2n) is 10.5. The smallest absolute Gasteiger partial charge is 0.355 e. The number of benzene rings is 2. The molecule has 1 aromatic heterocycles. The molecular formula is C30H31F3N6O5S. The molecule has 0 unspecified atom stereocenters. The molecule has 1 aliphatic heterocycles. The third-order valence-corrected chi connectivity index (χ3v) is 7.88. The fourth-order valence-corrected chi connectivity index (χ4v) is 5.28. The van der Waals surface area contributed by atoms with Gasteiger partial charge in [-0.2, -0.15) is 26.9 Å². The fourth-order valence-electron chi connectivity index (χ4n) is 4.92. The Kier molecular flexibility index (Phi) is 10.7. The summed E-state index contributed by atoms with van der Waals surface area (Å²) in [4.78, 5) is 34.3. The molecule has 0 saturated carbocycles. The van der Waals surface area contributed by atoms with Crippen LogP contribution in [0.5, 0.6) is 0 Å². The SMILES string of the molecule is N#Cc1ccc(CCNC(=O)[C@@H]2CCCN2c2cc(-c3cccc(CCC(=O)NCCS(=O)(=O)O)c3)nc(C(F)(F)F)n2)cc1. The zero-order valence-corrected chi connectivity index (χ0v) is 24.9. The second kappa shape index (κ2) is 14.5. The molecule has 238 valence electrons. The maximum Gasteiger partial charge on any atom is 0.451 e. The predicted octanol–water partition coefficient (Wildman–Crippen LogP) is 3.30. The van der Waals surface area contributed by atoms with Gasteiger partial charge in [0.15, 0.2) is 0 Å². The highest BCUT2D eigenvalue weighted by Crippen LogP contribution is 2.33. The topological polar surface area (TPSA) is 165 Å². The van der Waals surface area contributed by atoms with Crippen molar-refractivity contribution in [1.82, 2.24) is 20.6 Å². The van der Waals surface area contributed by atoms with Crippen molar-refractivity contribution in [2.45, 2.75) is 44.3 Å². The number of carbonyl (C=O) groups is 2. The Morgan fingerprint density at radius 2 is 1.78 bits per heavy atom. The first-order valence-corrected chi connectivity index (χ1v) is 15.7. The highest BCUT2D eigenvalue weighted by Gasteiger charge is 2.38.